The summed E-state index contributed by atoms with van der Waals surface area (Å²) in [4.78, 5) is 11.0. The first-order valence-corrected chi connectivity index (χ1v) is 13.2. The van der Waals surface area contributed by atoms with Crippen LogP contribution in [-0.2, 0) is 27.8 Å². The molecule has 0 aliphatic heterocycles. The number of unbranched alkanes of at least 4 members (excludes halogenated alkanes) is 6. The molecule has 1 N–H and O–H groups in total. The first-order chi connectivity index (χ1) is 15.4. The molecular weight excluding hydrogens is 422 g/mol. The monoisotopic (exact) mass is 459 g/mol. The molecule has 0 radical (unpaired) electrons. The highest BCUT2D eigenvalue weighted by Crippen LogP contribution is 2.20. The van der Waals surface area contributed by atoms with Crippen molar-refractivity contribution in [3.63, 3.8) is 0 Å². The third kappa shape index (κ3) is 9.13. The molecule has 0 aliphatic rings. The van der Waals surface area contributed by atoms with Crippen molar-refractivity contribution < 1.29 is 18.3 Å². The number of aliphatic carboxylic acids is 1. The molecule has 0 unspecified atom stereocenters. The molecule has 2 aromatic rings. The summed E-state index contributed by atoms with van der Waals surface area (Å²) < 4.78 is 28.1. The highest BCUT2D eigenvalue weighted by atomic mass is 32.2. The highest BCUT2D eigenvalue weighted by molar-refractivity contribution is 7.89. The molecule has 32 heavy (non-hydrogen) atoms. The SMILES string of the molecule is CCCCCCc1ccc(CN(CCCCCCC(=O)O)S(=O)(=O)c2ccccc2)cc1. The molecule has 2 rings (SSSR count). The number of rotatable bonds is 16. The van der Waals surface area contributed by atoms with E-state index in [9.17, 15) is 13.2 Å². The summed E-state index contributed by atoms with van der Waals surface area (Å²) in [7, 11) is -3.60. The number of carboxylic acids is 1. The van der Waals surface area contributed by atoms with Gasteiger partial charge in [-0.05, 0) is 48.9 Å². The van der Waals surface area contributed by atoms with Crippen molar-refractivity contribution in [2.24, 2.45) is 0 Å². The summed E-state index contributed by atoms with van der Waals surface area (Å²) in [6, 6.07) is 16.9. The maximum atomic E-state index is 13.3. The molecule has 6 heteroatoms. The molecule has 0 amide bonds. The predicted octanol–water partition coefficient (Wildman–Crippen LogP) is 6.04. The fourth-order valence-corrected chi connectivity index (χ4v) is 5.20. The van der Waals surface area contributed by atoms with Gasteiger partial charge in [0.05, 0.1) is 4.90 Å². The van der Waals surface area contributed by atoms with Gasteiger partial charge in [0.25, 0.3) is 0 Å². The van der Waals surface area contributed by atoms with Crippen LogP contribution in [-0.4, -0.2) is 30.3 Å². The van der Waals surface area contributed by atoms with Crippen molar-refractivity contribution in [1.29, 1.82) is 0 Å². The largest absolute Gasteiger partial charge is 0.481 e. The van der Waals surface area contributed by atoms with E-state index in [1.807, 2.05) is 18.2 Å². The number of carbonyl (C=O) groups is 1. The smallest absolute Gasteiger partial charge is 0.303 e. The Balaban J connectivity index is 2.01. The zero-order chi connectivity index (χ0) is 23.2. The number of sulfonamides is 1. The average molecular weight is 460 g/mol. The van der Waals surface area contributed by atoms with Crippen LogP contribution >= 0.6 is 0 Å². The van der Waals surface area contributed by atoms with Crippen LogP contribution in [0.5, 0.6) is 0 Å². The van der Waals surface area contributed by atoms with Gasteiger partial charge in [-0.2, -0.15) is 4.31 Å². The van der Waals surface area contributed by atoms with Crippen molar-refractivity contribution in [2.45, 2.75) is 82.6 Å². The van der Waals surface area contributed by atoms with Crippen molar-refractivity contribution in [1.82, 2.24) is 4.31 Å². The van der Waals surface area contributed by atoms with Gasteiger partial charge < -0.3 is 5.11 Å². The molecule has 0 bridgehead atoms. The average Bonchev–Trinajstić information content (AvgIpc) is 2.79. The molecule has 0 fully saturated rings. The minimum absolute atomic E-state index is 0.164. The zero-order valence-electron chi connectivity index (χ0n) is 19.2. The molecule has 5 nitrogen and oxygen atoms in total. The van der Waals surface area contributed by atoms with Crippen LogP contribution in [0.3, 0.4) is 0 Å². The summed E-state index contributed by atoms with van der Waals surface area (Å²) in [5.41, 5.74) is 2.27. The van der Waals surface area contributed by atoms with Gasteiger partial charge in [0, 0.05) is 19.5 Å². The van der Waals surface area contributed by atoms with Crippen LogP contribution in [0.1, 0.15) is 75.8 Å². The van der Waals surface area contributed by atoms with E-state index in [4.69, 9.17) is 5.11 Å². The molecule has 176 valence electrons. The Labute approximate surface area is 193 Å². The number of carboxylic acid groups (broad SMARTS) is 1. The zero-order valence-corrected chi connectivity index (χ0v) is 20.0. The van der Waals surface area contributed by atoms with Crippen LogP contribution in [0.4, 0.5) is 0 Å². The molecule has 0 aromatic heterocycles. The maximum absolute atomic E-state index is 13.3. The second-order valence-corrected chi connectivity index (χ2v) is 10.3. The minimum Gasteiger partial charge on any atom is -0.481 e. The lowest BCUT2D eigenvalue weighted by Gasteiger charge is -2.22. The lowest BCUT2D eigenvalue weighted by molar-refractivity contribution is -0.137. The van der Waals surface area contributed by atoms with E-state index < -0.39 is 16.0 Å². The van der Waals surface area contributed by atoms with Gasteiger partial charge in [-0.25, -0.2) is 8.42 Å². The van der Waals surface area contributed by atoms with Gasteiger partial charge in [0.15, 0.2) is 0 Å². The Morgan fingerprint density at radius 2 is 1.44 bits per heavy atom. The van der Waals surface area contributed by atoms with E-state index in [1.165, 1.54) is 31.2 Å². The number of benzene rings is 2. The Bertz CT molecular complexity index is 895. The summed E-state index contributed by atoms with van der Waals surface area (Å²) in [6.45, 7) is 2.96. The van der Waals surface area contributed by atoms with Crippen molar-refractivity contribution in [2.75, 3.05) is 6.54 Å². The summed E-state index contributed by atoms with van der Waals surface area (Å²) in [5, 5.41) is 8.76. The van der Waals surface area contributed by atoms with Crippen LogP contribution < -0.4 is 0 Å². The Kier molecular flexibility index (Phi) is 11.5. The molecule has 0 saturated heterocycles. The topological polar surface area (TPSA) is 74.7 Å². The Morgan fingerprint density at radius 1 is 0.812 bits per heavy atom. The second kappa shape index (κ2) is 14.1. The fourth-order valence-electron chi connectivity index (χ4n) is 3.71. The molecule has 0 spiro atoms. The van der Waals surface area contributed by atoms with Gasteiger partial charge in [0.1, 0.15) is 0 Å². The van der Waals surface area contributed by atoms with E-state index in [0.717, 1.165) is 24.8 Å². The fraction of sp³-hybridized carbons (Fsp3) is 0.500. The number of hydrogen-bond acceptors (Lipinski definition) is 3. The van der Waals surface area contributed by atoms with Crippen LogP contribution in [0, 0.1) is 0 Å². The standard InChI is InChI=1S/C26H37NO4S/c1-2-3-4-8-13-23-17-19-24(20-18-23)22-27(21-12-6-5-11-16-26(28)29)32(30,31)25-14-9-7-10-15-25/h7,9-10,14-15,17-20H,2-6,8,11-13,16,21-22H2,1H3,(H,28,29). The Hall–Kier alpha value is -2.18. The maximum Gasteiger partial charge on any atom is 0.303 e. The van der Waals surface area contributed by atoms with Crippen molar-refractivity contribution >= 4 is 16.0 Å². The Morgan fingerprint density at radius 3 is 2.09 bits per heavy atom. The second-order valence-electron chi connectivity index (χ2n) is 8.34. The quantitative estimate of drug-likeness (QED) is 0.311. The molecule has 0 aliphatic carbocycles. The highest BCUT2D eigenvalue weighted by Gasteiger charge is 2.24. The minimum atomic E-state index is -3.60. The molecule has 2 aromatic carbocycles. The third-order valence-corrected chi connectivity index (χ3v) is 7.49. The summed E-state index contributed by atoms with van der Waals surface area (Å²) >= 11 is 0. The lowest BCUT2D eigenvalue weighted by Crippen LogP contribution is -2.31. The van der Waals surface area contributed by atoms with Crippen LogP contribution in [0.25, 0.3) is 0 Å². The van der Waals surface area contributed by atoms with Crippen LogP contribution in [0.2, 0.25) is 0 Å². The van der Waals surface area contributed by atoms with Gasteiger partial charge in [-0.3, -0.25) is 4.79 Å². The molecular formula is C26H37NO4S. The first-order valence-electron chi connectivity index (χ1n) is 11.8. The number of aryl methyl sites for hydroxylation is 1. The number of hydrogen-bond donors (Lipinski definition) is 1. The van der Waals surface area contributed by atoms with E-state index in [2.05, 4.69) is 19.1 Å². The molecule has 0 saturated carbocycles. The van der Waals surface area contributed by atoms with Gasteiger partial charge >= 0.3 is 5.97 Å². The van der Waals surface area contributed by atoms with Crippen molar-refractivity contribution in [3.8, 4) is 0 Å². The van der Waals surface area contributed by atoms with E-state index in [1.54, 1.807) is 28.6 Å². The van der Waals surface area contributed by atoms with Crippen molar-refractivity contribution in [3.05, 3.63) is 65.7 Å². The van der Waals surface area contributed by atoms with E-state index in [-0.39, 0.29) is 6.42 Å². The van der Waals surface area contributed by atoms with Gasteiger partial charge in [-0.15, -0.1) is 0 Å². The predicted molar refractivity (Wildman–Crippen MR) is 129 cm³/mol. The molecule has 0 heterocycles. The summed E-state index contributed by atoms with van der Waals surface area (Å²) in [6.07, 6.45) is 9.08. The van der Waals surface area contributed by atoms with E-state index in [0.29, 0.717) is 30.8 Å². The third-order valence-electron chi connectivity index (χ3n) is 5.63. The molecule has 0 atom stereocenters. The van der Waals surface area contributed by atoms with E-state index >= 15 is 0 Å². The van der Waals surface area contributed by atoms with Gasteiger partial charge in [-0.1, -0.05) is 81.5 Å². The lowest BCUT2D eigenvalue weighted by atomic mass is 10.0. The summed E-state index contributed by atoms with van der Waals surface area (Å²) in [5.74, 6) is -0.785. The first kappa shape index (κ1) is 26.1. The normalized spacial score (nSPS) is 11.7. The van der Waals surface area contributed by atoms with Crippen LogP contribution in [0.15, 0.2) is 59.5 Å². The van der Waals surface area contributed by atoms with Gasteiger partial charge in [0.2, 0.25) is 10.0 Å². The number of nitrogens with zero attached hydrogens (tertiary/aromatic N) is 1.